The molecule has 0 spiro atoms. The molecule has 2 aromatic carbocycles. The molecule has 1 amide bonds. The Bertz CT molecular complexity index is 756. The molecule has 0 aromatic heterocycles. The molecule has 0 saturated carbocycles. The van der Waals surface area contributed by atoms with E-state index >= 15 is 0 Å². The van der Waals surface area contributed by atoms with E-state index in [1.165, 1.54) is 0 Å². The van der Waals surface area contributed by atoms with E-state index < -0.39 is 17.9 Å². The molecule has 2 rings (SSSR count). The van der Waals surface area contributed by atoms with Gasteiger partial charge in [0.25, 0.3) is 0 Å². The quantitative estimate of drug-likeness (QED) is 0.853. The van der Waals surface area contributed by atoms with Crippen LogP contribution in [0.3, 0.4) is 0 Å². The second kappa shape index (κ2) is 7.34. The Labute approximate surface area is 141 Å². The van der Waals surface area contributed by atoms with E-state index in [0.717, 1.165) is 22.1 Å². The number of aliphatic carboxylic acids is 1. The van der Waals surface area contributed by atoms with Crippen LogP contribution in [-0.2, 0) is 9.59 Å². The summed E-state index contributed by atoms with van der Waals surface area (Å²) in [7, 11) is 1.63. The first-order chi connectivity index (χ1) is 11.3. The minimum Gasteiger partial charge on any atom is -0.497 e. The summed E-state index contributed by atoms with van der Waals surface area (Å²) in [4.78, 5) is 23.4. The van der Waals surface area contributed by atoms with Gasteiger partial charge in [0.2, 0.25) is 5.91 Å². The smallest absolute Gasteiger partial charge is 0.308 e. The Morgan fingerprint density at radius 2 is 1.67 bits per heavy atom. The Balaban J connectivity index is 2.16. The molecule has 0 bridgehead atoms. The number of carbonyl (C=O) groups is 2. The number of nitrogens with one attached hydrogen (secondary N) is 1. The van der Waals surface area contributed by atoms with Gasteiger partial charge < -0.3 is 15.2 Å². The Morgan fingerprint density at radius 1 is 1.04 bits per heavy atom. The van der Waals surface area contributed by atoms with Crippen LogP contribution in [0.15, 0.2) is 36.4 Å². The van der Waals surface area contributed by atoms with Gasteiger partial charge in [-0.05, 0) is 49.2 Å². The third-order valence-electron chi connectivity index (χ3n) is 4.47. The van der Waals surface area contributed by atoms with E-state index in [0.29, 0.717) is 0 Å². The predicted octanol–water partition coefficient (Wildman–Crippen LogP) is 3.18. The van der Waals surface area contributed by atoms with E-state index in [-0.39, 0.29) is 11.8 Å². The van der Waals surface area contributed by atoms with Gasteiger partial charge >= 0.3 is 5.97 Å². The first kappa shape index (κ1) is 17.8. The van der Waals surface area contributed by atoms with Crippen molar-refractivity contribution in [3.8, 4) is 5.75 Å². The topological polar surface area (TPSA) is 75.6 Å². The minimum absolute atomic E-state index is 0.177. The van der Waals surface area contributed by atoms with Crippen LogP contribution in [0.5, 0.6) is 5.75 Å². The number of carboxylic acids is 1. The van der Waals surface area contributed by atoms with Crippen molar-refractivity contribution >= 4 is 22.6 Å². The lowest BCUT2D eigenvalue weighted by Gasteiger charge is -2.21. The number of rotatable bonds is 6. The van der Waals surface area contributed by atoms with Gasteiger partial charge in [-0.25, -0.2) is 0 Å². The number of amides is 1. The lowest BCUT2D eigenvalue weighted by molar-refractivity contribution is -0.142. The highest BCUT2D eigenvalue weighted by Crippen LogP contribution is 2.25. The van der Waals surface area contributed by atoms with Crippen LogP contribution in [-0.4, -0.2) is 30.1 Å². The fraction of sp³-hybridized carbons (Fsp3) is 0.368. The van der Waals surface area contributed by atoms with Crippen LogP contribution in [0.25, 0.3) is 10.8 Å². The van der Waals surface area contributed by atoms with Gasteiger partial charge in [0.15, 0.2) is 0 Å². The van der Waals surface area contributed by atoms with E-state index in [4.69, 9.17) is 9.84 Å². The molecule has 0 heterocycles. The third kappa shape index (κ3) is 3.85. The van der Waals surface area contributed by atoms with E-state index in [1.54, 1.807) is 21.0 Å². The fourth-order valence-corrected chi connectivity index (χ4v) is 2.48. The Morgan fingerprint density at radius 3 is 2.29 bits per heavy atom. The van der Waals surface area contributed by atoms with Crippen LogP contribution >= 0.6 is 0 Å². The van der Waals surface area contributed by atoms with Crippen molar-refractivity contribution in [1.82, 2.24) is 5.32 Å². The summed E-state index contributed by atoms with van der Waals surface area (Å²) in [5, 5.41) is 13.9. The third-order valence-corrected chi connectivity index (χ3v) is 4.47. The van der Waals surface area contributed by atoms with Crippen LogP contribution in [0.4, 0.5) is 0 Å². The molecule has 5 heteroatoms. The van der Waals surface area contributed by atoms with Gasteiger partial charge in [-0.1, -0.05) is 24.3 Å². The average molecular weight is 329 g/mol. The maximum Gasteiger partial charge on any atom is 0.308 e. The molecule has 2 aromatic rings. The van der Waals surface area contributed by atoms with Crippen LogP contribution < -0.4 is 10.1 Å². The van der Waals surface area contributed by atoms with Crippen molar-refractivity contribution in [3.05, 3.63) is 42.0 Å². The maximum atomic E-state index is 12.4. The molecule has 0 radical (unpaired) electrons. The molecular formula is C19H23NO4. The molecule has 5 nitrogen and oxygen atoms in total. The van der Waals surface area contributed by atoms with E-state index in [2.05, 4.69) is 5.32 Å². The number of methoxy groups -OCH3 is 1. The summed E-state index contributed by atoms with van der Waals surface area (Å²) in [5.41, 5.74) is 0.889. The predicted molar refractivity (Wildman–Crippen MR) is 93.3 cm³/mol. The molecular weight excluding hydrogens is 306 g/mol. The molecule has 0 aliphatic heterocycles. The highest BCUT2D eigenvalue weighted by Gasteiger charge is 2.24. The Hall–Kier alpha value is -2.56. The highest BCUT2D eigenvalue weighted by atomic mass is 16.5. The number of carboxylic acid groups (broad SMARTS) is 1. The zero-order valence-electron chi connectivity index (χ0n) is 14.4. The molecule has 0 saturated heterocycles. The summed E-state index contributed by atoms with van der Waals surface area (Å²) in [5.74, 6) is -1.30. The largest absolute Gasteiger partial charge is 0.497 e. The first-order valence-corrected chi connectivity index (χ1v) is 7.94. The molecule has 3 unspecified atom stereocenters. The van der Waals surface area contributed by atoms with Crippen molar-refractivity contribution in [2.75, 3.05) is 7.11 Å². The van der Waals surface area contributed by atoms with Crippen molar-refractivity contribution in [3.63, 3.8) is 0 Å². The molecule has 0 aliphatic rings. The Kier molecular flexibility index (Phi) is 5.44. The number of fused-ring (bicyclic) bond motifs is 1. The average Bonchev–Trinajstić information content (AvgIpc) is 2.58. The van der Waals surface area contributed by atoms with Crippen molar-refractivity contribution in [2.45, 2.75) is 32.7 Å². The molecule has 3 atom stereocenters. The van der Waals surface area contributed by atoms with E-state index in [9.17, 15) is 9.59 Å². The lowest BCUT2D eigenvalue weighted by Crippen LogP contribution is -2.41. The van der Waals surface area contributed by atoms with Crippen molar-refractivity contribution < 1.29 is 19.4 Å². The molecule has 128 valence electrons. The molecule has 0 fully saturated rings. The van der Waals surface area contributed by atoms with Crippen molar-refractivity contribution in [2.24, 2.45) is 5.92 Å². The normalized spacial score (nSPS) is 14.7. The summed E-state index contributed by atoms with van der Waals surface area (Å²) in [6.07, 6.45) is 0. The van der Waals surface area contributed by atoms with E-state index in [1.807, 2.05) is 43.3 Å². The summed E-state index contributed by atoms with van der Waals surface area (Å²) >= 11 is 0. The second-order valence-corrected chi connectivity index (χ2v) is 6.12. The van der Waals surface area contributed by atoms with Crippen LogP contribution in [0.2, 0.25) is 0 Å². The maximum absolute atomic E-state index is 12.4. The van der Waals surface area contributed by atoms with Gasteiger partial charge in [0.1, 0.15) is 5.75 Å². The van der Waals surface area contributed by atoms with Gasteiger partial charge in [-0.2, -0.15) is 0 Å². The minimum atomic E-state index is -0.921. The van der Waals surface area contributed by atoms with Crippen LogP contribution in [0, 0.1) is 5.92 Å². The van der Waals surface area contributed by atoms with Gasteiger partial charge in [-0.3, -0.25) is 9.59 Å². The standard InChI is InChI=1S/C19H23NO4/c1-11(19(22)23)13(3)20-18(21)12(2)14-5-6-16-10-17(24-4)8-7-15(16)9-14/h5-13H,1-4H3,(H,20,21)(H,22,23). The van der Waals surface area contributed by atoms with Gasteiger partial charge in [0.05, 0.1) is 18.9 Å². The van der Waals surface area contributed by atoms with Crippen LogP contribution in [0.1, 0.15) is 32.3 Å². The lowest BCUT2D eigenvalue weighted by atomic mass is 9.96. The fourth-order valence-electron chi connectivity index (χ4n) is 2.48. The number of ether oxygens (including phenoxy) is 1. The second-order valence-electron chi connectivity index (χ2n) is 6.12. The zero-order valence-corrected chi connectivity index (χ0v) is 14.4. The first-order valence-electron chi connectivity index (χ1n) is 7.94. The number of carbonyl (C=O) groups excluding carboxylic acids is 1. The highest BCUT2D eigenvalue weighted by molar-refractivity contribution is 5.88. The van der Waals surface area contributed by atoms with Crippen molar-refractivity contribution in [1.29, 1.82) is 0 Å². The van der Waals surface area contributed by atoms with Gasteiger partial charge in [0, 0.05) is 6.04 Å². The molecule has 2 N–H and O–H groups in total. The molecule has 0 aliphatic carbocycles. The SMILES string of the molecule is COc1ccc2cc(C(C)C(=O)NC(C)C(C)C(=O)O)ccc2c1. The number of hydrogen-bond donors (Lipinski definition) is 2. The number of hydrogen-bond acceptors (Lipinski definition) is 3. The monoisotopic (exact) mass is 329 g/mol. The number of benzene rings is 2. The summed E-state index contributed by atoms with van der Waals surface area (Å²) < 4.78 is 5.21. The summed E-state index contributed by atoms with van der Waals surface area (Å²) in [6.45, 7) is 5.11. The zero-order chi connectivity index (χ0) is 17.9. The van der Waals surface area contributed by atoms with Gasteiger partial charge in [-0.15, -0.1) is 0 Å². The summed E-state index contributed by atoms with van der Waals surface area (Å²) in [6, 6.07) is 11.2. The molecule has 24 heavy (non-hydrogen) atoms.